The van der Waals surface area contributed by atoms with Crippen molar-refractivity contribution in [3.8, 4) is 0 Å². The summed E-state index contributed by atoms with van der Waals surface area (Å²) in [5, 5.41) is 14.1. The molecular weight excluding hydrogens is 494 g/mol. The van der Waals surface area contributed by atoms with Gasteiger partial charge in [-0.15, -0.1) is 0 Å². The number of aliphatic hydroxyl groups is 1. The first-order valence-electron chi connectivity index (χ1n) is 12.3. The van der Waals surface area contributed by atoms with Crippen LogP contribution in [0.15, 0.2) is 66.1 Å². The lowest BCUT2D eigenvalue weighted by Crippen LogP contribution is -2.51. The average Bonchev–Trinajstić information content (AvgIpc) is 3.56. The van der Waals surface area contributed by atoms with Gasteiger partial charge in [-0.1, -0.05) is 36.4 Å². The molecular formula is C26H33N5O5S. The number of carbonyl (C=O) groups excluding carboxylic acids is 1. The van der Waals surface area contributed by atoms with Gasteiger partial charge in [-0.3, -0.25) is 4.79 Å². The number of hydrogen-bond acceptors (Lipinski definition) is 7. The van der Waals surface area contributed by atoms with Crippen molar-refractivity contribution in [1.29, 1.82) is 0 Å². The lowest BCUT2D eigenvalue weighted by molar-refractivity contribution is 0.0623. The second kappa shape index (κ2) is 12.0. The van der Waals surface area contributed by atoms with Gasteiger partial charge in [0.25, 0.3) is 15.9 Å². The highest BCUT2D eigenvalue weighted by Gasteiger charge is 2.34. The van der Waals surface area contributed by atoms with Gasteiger partial charge in [0.1, 0.15) is 5.69 Å². The highest BCUT2D eigenvalue weighted by Crippen LogP contribution is 2.20. The first-order valence-corrected chi connectivity index (χ1v) is 13.7. The Morgan fingerprint density at radius 2 is 2.03 bits per heavy atom. The number of aromatic nitrogens is 3. The van der Waals surface area contributed by atoms with Crippen LogP contribution in [0.5, 0.6) is 0 Å². The molecule has 2 unspecified atom stereocenters. The molecule has 0 bridgehead atoms. The molecule has 1 saturated heterocycles. The largest absolute Gasteiger partial charge is 0.390 e. The Balaban J connectivity index is 1.59. The Bertz CT molecular complexity index is 1290. The Hall–Kier alpha value is -3.12. The summed E-state index contributed by atoms with van der Waals surface area (Å²) < 4.78 is 35.5. The van der Waals surface area contributed by atoms with Gasteiger partial charge in [0, 0.05) is 38.6 Å². The first kappa shape index (κ1) is 26.9. The van der Waals surface area contributed by atoms with E-state index in [0.717, 1.165) is 18.4 Å². The number of hydrogen-bond donors (Lipinski definition) is 2. The van der Waals surface area contributed by atoms with Gasteiger partial charge in [-0.2, -0.15) is 4.31 Å². The number of aryl methyl sites for hydroxylation is 2. The molecule has 0 saturated carbocycles. The number of pyridine rings is 1. The van der Waals surface area contributed by atoms with Gasteiger partial charge in [0.15, 0.2) is 5.03 Å². The van der Waals surface area contributed by atoms with E-state index in [4.69, 9.17) is 4.74 Å². The molecule has 3 heterocycles. The van der Waals surface area contributed by atoms with E-state index in [-0.39, 0.29) is 29.9 Å². The summed E-state index contributed by atoms with van der Waals surface area (Å²) in [4.78, 5) is 21.3. The number of nitrogens with zero attached hydrogens (tertiary/aromatic N) is 4. The standard InChI is InChI=1S/C26H33N5O5S/c1-19-8-6-12-22(28-19)26(33)29-23(14-20-9-4-3-5-10-20)24(32)16-31(15-21-11-7-13-36-21)37(34,35)25-17-30(2)18-27-25/h3-6,8-10,12,17-18,21,23-24,32H,7,11,13-16H2,1-2H3,(H,29,33)/t21-,23?,24?/m0/s1. The topological polar surface area (TPSA) is 127 Å². The summed E-state index contributed by atoms with van der Waals surface area (Å²) in [6, 6.07) is 13.8. The first-order chi connectivity index (χ1) is 17.7. The van der Waals surface area contributed by atoms with Crippen LogP contribution in [0.25, 0.3) is 0 Å². The lowest BCUT2D eigenvalue weighted by Gasteiger charge is -2.30. The zero-order valence-corrected chi connectivity index (χ0v) is 21.8. The molecule has 4 rings (SSSR count). The third-order valence-electron chi connectivity index (χ3n) is 6.31. The van der Waals surface area contributed by atoms with E-state index >= 15 is 0 Å². The van der Waals surface area contributed by atoms with Gasteiger partial charge >= 0.3 is 0 Å². The highest BCUT2D eigenvalue weighted by atomic mass is 32.2. The number of carbonyl (C=O) groups is 1. The fourth-order valence-corrected chi connectivity index (χ4v) is 5.80. The fourth-order valence-electron chi connectivity index (χ4n) is 4.34. The van der Waals surface area contributed by atoms with E-state index in [1.54, 1.807) is 36.7 Å². The van der Waals surface area contributed by atoms with Crippen LogP contribution in [0, 0.1) is 6.92 Å². The Morgan fingerprint density at radius 3 is 2.68 bits per heavy atom. The third kappa shape index (κ3) is 7.01. The third-order valence-corrected chi connectivity index (χ3v) is 8.03. The zero-order valence-electron chi connectivity index (χ0n) is 21.0. The van der Waals surface area contributed by atoms with Crippen molar-refractivity contribution in [2.45, 2.75) is 49.5 Å². The van der Waals surface area contributed by atoms with Crippen molar-refractivity contribution in [2.24, 2.45) is 7.05 Å². The van der Waals surface area contributed by atoms with Crippen LogP contribution in [0.2, 0.25) is 0 Å². The van der Waals surface area contributed by atoms with Crippen molar-refractivity contribution in [2.75, 3.05) is 19.7 Å². The number of nitrogens with one attached hydrogen (secondary N) is 1. The second-order valence-corrected chi connectivity index (χ2v) is 11.2. The quantitative estimate of drug-likeness (QED) is 0.389. The predicted octanol–water partition coefficient (Wildman–Crippen LogP) is 1.70. The molecule has 1 aliphatic heterocycles. The van der Waals surface area contributed by atoms with Crippen molar-refractivity contribution < 1.29 is 23.1 Å². The predicted molar refractivity (Wildman–Crippen MR) is 137 cm³/mol. The molecule has 1 amide bonds. The number of aliphatic hydroxyl groups excluding tert-OH is 1. The average molecular weight is 528 g/mol. The molecule has 0 aliphatic carbocycles. The van der Waals surface area contributed by atoms with E-state index in [0.29, 0.717) is 18.7 Å². The summed E-state index contributed by atoms with van der Waals surface area (Å²) in [6.45, 7) is 2.21. The number of benzene rings is 1. The Labute approximate surface area is 217 Å². The van der Waals surface area contributed by atoms with Crippen LogP contribution in [0.1, 0.15) is 34.6 Å². The fraction of sp³-hybridized carbons (Fsp3) is 0.423. The highest BCUT2D eigenvalue weighted by molar-refractivity contribution is 7.89. The molecule has 2 N–H and O–H groups in total. The van der Waals surface area contributed by atoms with Gasteiger partial charge in [-0.05, 0) is 43.9 Å². The van der Waals surface area contributed by atoms with Gasteiger partial charge in [0.2, 0.25) is 0 Å². The number of sulfonamides is 1. The minimum absolute atomic E-state index is 0.0847. The minimum atomic E-state index is -4.02. The molecule has 1 aliphatic rings. The minimum Gasteiger partial charge on any atom is -0.390 e. The number of imidazole rings is 1. The molecule has 0 spiro atoms. The maximum atomic E-state index is 13.5. The van der Waals surface area contributed by atoms with E-state index in [1.807, 2.05) is 30.3 Å². The Morgan fingerprint density at radius 1 is 1.24 bits per heavy atom. The van der Waals surface area contributed by atoms with Crippen LogP contribution in [0.4, 0.5) is 0 Å². The maximum absolute atomic E-state index is 13.5. The molecule has 3 aromatic rings. The molecule has 37 heavy (non-hydrogen) atoms. The molecule has 10 nitrogen and oxygen atoms in total. The molecule has 2 aromatic heterocycles. The number of ether oxygens (including phenoxy) is 1. The summed E-state index contributed by atoms with van der Waals surface area (Å²) in [7, 11) is -2.33. The molecule has 11 heteroatoms. The van der Waals surface area contributed by atoms with Gasteiger partial charge in [0.05, 0.1) is 24.6 Å². The van der Waals surface area contributed by atoms with E-state index in [9.17, 15) is 18.3 Å². The zero-order chi connectivity index (χ0) is 26.4. The SMILES string of the molecule is Cc1cccc(C(=O)NC(Cc2ccccc2)C(O)CN(C[C@@H]2CCCO2)S(=O)(=O)c2cn(C)cn2)n1. The van der Waals surface area contributed by atoms with Crippen LogP contribution >= 0.6 is 0 Å². The van der Waals surface area contributed by atoms with Gasteiger partial charge < -0.3 is 19.7 Å². The summed E-state index contributed by atoms with van der Waals surface area (Å²) >= 11 is 0. The number of amides is 1. The van der Waals surface area contributed by atoms with Gasteiger partial charge in [-0.25, -0.2) is 18.4 Å². The monoisotopic (exact) mass is 527 g/mol. The van der Waals surface area contributed by atoms with E-state index in [2.05, 4.69) is 15.3 Å². The van der Waals surface area contributed by atoms with Crippen molar-refractivity contribution in [3.63, 3.8) is 0 Å². The second-order valence-electron chi connectivity index (χ2n) is 9.34. The van der Waals surface area contributed by atoms with Crippen molar-refractivity contribution in [3.05, 3.63) is 78.0 Å². The normalized spacial score (nSPS) is 17.6. The number of rotatable bonds is 11. The van der Waals surface area contributed by atoms with Crippen LogP contribution in [0.3, 0.4) is 0 Å². The van der Waals surface area contributed by atoms with E-state index in [1.165, 1.54) is 16.8 Å². The maximum Gasteiger partial charge on any atom is 0.270 e. The van der Waals surface area contributed by atoms with Crippen molar-refractivity contribution in [1.82, 2.24) is 24.2 Å². The molecule has 198 valence electrons. The molecule has 0 radical (unpaired) electrons. The molecule has 3 atom stereocenters. The molecule has 1 fully saturated rings. The van der Waals surface area contributed by atoms with E-state index < -0.39 is 28.1 Å². The van der Waals surface area contributed by atoms with Crippen LogP contribution < -0.4 is 5.32 Å². The summed E-state index contributed by atoms with van der Waals surface area (Å²) in [6.07, 6.45) is 3.24. The smallest absolute Gasteiger partial charge is 0.270 e. The Kier molecular flexibility index (Phi) is 8.70. The van der Waals surface area contributed by atoms with Crippen LogP contribution in [-0.4, -0.2) is 76.2 Å². The van der Waals surface area contributed by atoms with Crippen LogP contribution in [-0.2, 0) is 28.2 Å². The van der Waals surface area contributed by atoms with Crippen molar-refractivity contribution >= 4 is 15.9 Å². The summed E-state index contributed by atoms with van der Waals surface area (Å²) in [5.74, 6) is -0.443. The molecule has 1 aromatic carbocycles. The summed E-state index contributed by atoms with van der Waals surface area (Å²) in [5.41, 5.74) is 1.81. The lowest BCUT2D eigenvalue weighted by atomic mass is 10.0.